The first-order valence-corrected chi connectivity index (χ1v) is 6.65. The molecule has 21 heavy (non-hydrogen) atoms. The lowest BCUT2D eigenvalue weighted by Crippen LogP contribution is -2.25. The SMILES string of the molecule is OC1CCc2nc(-c3ccccc3)nc(C(F)(F)F)c2C1. The maximum Gasteiger partial charge on any atom is 0.433 e. The molecule has 110 valence electrons. The normalized spacial score (nSPS) is 18.4. The first kappa shape index (κ1) is 14.0. The van der Waals surface area contributed by atoms with Crippen LogP contribution in [0.1, 0.15) is 23.4 Å². The number of hydrogen-bond donors (Lipinski definition) is 1. The minimum absolute atomic E-state index is 0.0286. The van der Waals surface area contributed by atoms with Gasteiger partial charge in [-0.15, -0.1) is 0 Å². The lowest BCUT2D eigenvalue weighted by atomic mass is 9.92. The Bertz CT molecular complexity index is 656. The summed E-state index contributed by atoms with van der Waals surface area (Å²) in [6.07, 6.45) is -4.59. The monoisotopic (exact) mass is 294 g/mol. The molecule has 0 radical (unpaired) electrons. The summed E-state index contributed by atoms with van der Waals surface area (Å²) in [5.41, 5.74) is 0.0458. The van der Waals surface area contributed by atoms with Crippen molar-refractivity contribution in [2.75, 3.05) is 0 Å². The van der Waals surface area contributed by atoms with Gasteiger partial charge in [0.2, 0.25) is 0 Å². The summed E-state index contributed by atoms with van der Waals surface area (Å²) in [6.45, 7) is 0. The van der Waals surface area contributed by atoms with Crippen molar-refractivity contribution in [3.63, 3.8) is 0 Å². The van der Waals surface area contributed by atoms with Crippen LogP contribution < -0.4 is 0 Å². The standard InChI is InChI=1S/C15H13F3N2O/c16-15(17,18)13-11-8-10(21)6-7-12(11)19-14(20-13)9-4-2-1-3-5-9/h1-5,10,21H,6-8H2. The van der Waals surface area contributed by atoms with Crippen LogP contribution >= 0.6 is 0 Å². The van der Waals surface area contributed by atoms with E-state index in [4.69, 9.17) is 0 Å². The molecule has 0 bridgehead atoms. The van der Waals surface area contributed by atoms with Gasteiger partial charge in [0.1, 0.15) is 0 Å². The summed E-state index contributed by atoms with van der Waals surface area (Å²) in [4.78, 5) is 7.98. The highest BCUT2D eigenvalue weighted by atomic mass is 19.4. The molecule has 1 atom stereocenters. The summed E-state index contributed by atoms with van der Waals surface area (Å²) < 4.78 is 39.7. The number of alkyl halides is 3. The predicted molar refractivity (Wildman–Crippen MR) is 70.5 cm³/mol. The van der Waals surface area contributed by atoms with Crippen LogP contribution in [0.15, 0.2) is 30.3 Å². The molecule has 0 fully saturated rings. The third-order valence-electron chi connectivity index (χ3n) is 3.55. The van der Waals surface area contributed by atoms with E-state index >= 15 is 0 Å². The fourth-order valence-corrected chi connectivity index (χ4v) is 2.54. The van der Waals surface area contributed by atoms with Gasteiger partial charge in [-0.25, -0.2) is 9.97 Å². The number of aryl methyl sites for hydroxylation is 1. The molecule has 2 aromatic rings. The average molecular weight is 294 g/mol. The molecule has 0 aliphatic heterocycles. The van der Waals surface area contributed by atoms with Crippen LogP contribution in [-0.2, 0) is 19.0 Å². The van der Waals surface area contributed by atoms with E-state index in [0.29, 0.717) is 24.1 Å². The first-order chi connectivity index (χ1) is 9.95. The number of aromatic nitrogens is 2. The van der Waals surface area contributed by atoms with Crippen LogP contribution in [0.2, 0.25) is 0 Å². The van der Waals surface area contributed by atoms with Crippen molar-refractivity contribution in [3.05, 3.63) is 47.3 Å². The second-order valence-corrected chi connectivity index (χ2v) is 5.08. The number of rotatable bonds is 1. The van der Waals surface area contributed by atoms with Gasteiger partial charge in [-0.3, -0.25) is 0 Å². The average Bonchev–Trinajstić information content (AvgIpc) is 2.46. The lowest BCUT2D eigenvalue weighted by molar-refractivity contribution is -0.142. The summed E-state index contributed by atoms with van der Waals surface area (Å²) in [6, 6.07) is 8.60. The van der Waals surface area contributed by atoms with E-state index in [1.807, 2.05) is 0 Å². The van der Waals surface area contributed by atoms with E-state index < -0.39 is 18.0 Å². The number of fused-ring (bicyclic) bond motifs is 1. The Hall–Kier alpha value is -1.95. The van der Waals surface area contributed by atoms with E-state index in [2.05, 4.69) is 9.97 Å². The van der Waals surface area contributed by atoms with Crippen LogP contribution in [0, 0.1) is 0 Å². The Morgan fingerprint density at radius 2 is 1.81 bits per heavy atom. The van der Waals surface area contributed by atoms with Crippen molar-refractivity contribution in [2.24, 2.45) is 0 Å². The molecule has 1 heterocycles. The second kappa shape index (κ2) is 5.11. The maximum atomic E-state index is 13.2. The molecule has 3 nitrogen and oxygen atoms in total. The fraction of sp³-hybridized carbons (Fsp3) is 0.333. The largest absolute Gasteiger partial charge is 0.433 e. The van der Waals surface area contributed by atoms with E-state index in [1.165, 1.54) is 0 Å². The van der Waals surface area contributed by atoms with Crippen LogP contribution in [0.3, 0.4) is 0 Å². The highest BCUT2D eigenvalue weighted by Crippen LogP contribution is 2.35. The maximum absolute atomic E-state index is 13.2. The number of aliphatic hydroxyl groups is 1. The quantitative estimate of drug-likeness (QED) is 0.879. The molecule has 0 amide bonds. The molecule has 0 saturated carbocycles. The van der Waals surface area contributed by atoms with Crippen LogP contribution in [0.5, 0.6) is 0 Å². The topological polar surface area (TPSA) is 46.0 Å². The van der Waals surface area contributed by atoms with Crippen molar-refractivity contribution in [3.8, 4) is 11.4 Å². The highest BCUT2D eigenvalue weighted by Gasteiger charge is 2.39. The van der Waals surface area contributed by atoms with Gasteiger partial charge in [0, 0.05) is 23.2 Å². The van der Waals surface area contributed by atoms with Gasteiger partial charge in [-0.05, 0) is 12.8 Å². The fourth-order valence-electron chi connectivity index (χ4n) is 2.54. The summed E-state index contributed by atoms with van der Waals surface area (Å²) in [5.74, 6) is 0.0815. The van der Waals surface area contributed by atoms with Gasteiger partial charge < -0.3 is 5.11 Å². The number of halogens is 3. The minimum atomic E-state index is -4.55. The summed E-state index contributed by atoms with van der Waals surface area (Å²) in [5, 5.41) is 9.61. The number of nitrogens with zero attached hydrogens (tertiary/aromatic N) is 2. The van der Waals surface area contributed by atoms with E-state index in [9.17, 15) is 18.3 Å². The third-order valence-corrected chi connectivity index (χ3v) is 3.55. The van der Waals surface area contributed by atoms with E-state index in [-0.39, 0.29) is 17.8 Å². The summed E-state index contributed by atoms with van der Waals surface area (Å²) >= 11 is 0. The Balaban J connectivity index is 2.17. The van der Waals surface area contributed by atoms with E-state index in [0.717, 1.165) is 0 Å². The molecule has 1 unspecified atom stereocenters. The third kappa shape index (κ3) is 2.76. The predicted octanol–water partition coefficient (Wildman–Crippen LogP) is 3.01. The van der Waals surface area contributed by atoms with Crippen LogP contribution in [-0.4, -0.2) is 21.2 Å². The number of hydrogen-bond acceptors (Lipinski definition) is 3. The van der Waals surface area contributed by atoms with Crippen LogP contribution in [0.4, 0.5) is 13.2 Å². The van der Waals surface area contributed by atoms with Crippen molar-refractivity contribution in [1.29, 1.82) is 0 Å². The molecular formula is C15H13F3N2O. The molecule has 1 aromatic carbocycles. The molecule has 0 saturated heterocycles. The van der Waals surface area contributed by atoms with Gasteiger partial charge in [-0.2, -0.15) is 13.2 Å². The lowest BCUT2D eigenvalue weighted by Gasteiger charge is -2.23. The van der Waals surface area contributed by atoms with Gasteiger partial charge in [0.05, 0.1) is 6.10 Å². The number of benzene rings is 1. The van der Waals surface area contributed by atoms with Crippen molar-refractivity contribution in [1.82, 2.24) is 9.97 Å². The van der Waals surface area contributed by atoms with Gasteiger partial charge in [0.25, 0.3) is 0 Å². The van der Waals surface area contributed by atoms with Crippen LogP contribution in [0.25, 0.3) is 11.4 Å². The summed E-state index contributed by atoms with van der Waals surface area (Å²) in [7, 11) is 0. The zero-order valence-electron chi connectivity index (χ0n) is 11.1. The Kier molecular flexibility index (Phi) is 3.41. The minimum Gasteiger partial charge on any atom is -0.393 e. The zero-order chi connectivity index (χ0) is 15.0. The molecule has 1 N–H and O–H groups in total. The molecule has 0 spiro atoms. The Morgan fingerprint density at radius 3 is 2.48 bits per heavy atom. The molecule has 1 aromatic heterocycles. The molecule has 1 aliphatic rings. The second-order valence-electron chi connectivity index (χ2n) is 5.08. The zero-order valence-corrected chi connectivity index (χ0v) is 11.1. The molecule has 3 rings (SSSR count). The van der Waals surface area contributed by atoms with Gasteiger partial charge >= 0.3 is 6.18 Å². The number of aliphatic hydroxyl groups excluding tert-OH is 1. The van der Waals surface area contributed by atoms with Gasteiger partial charge in [0.15, 0.2) is 11.5 Å². The molecular weight excluding hydrogens is 281 g/mol. The van der Waals surface area contributed by atoms with Crippen molar-refractivity contribution < 1.29 is 18.3 Å². The Labute approximate surface area is 119 Å². The highest BCUT2D eigenvalue weighted by molar-refractivity contribution is 5.56. The first-order valence-electron chi connectivity index (χ1n) is 6.65. The van der Waals surface area contributed by atoms with E-state index in [1.54, 1.807) is 30.3 Å². The molecule has 1 aliphatic carbocycles. The Morgan fingerprint density at radius 1 is 1.10 bits per heavy atom. The van der Waals surface area contributed by atoms with Gasteiger partial charge in [-0.1, -0.05) is 30.3 Å². The molecule has 6 heteroatoms. The smallest absolute Gasteiger partial charge is 0.393 e. The van der Waals surface area contributed by atoms with Crippen molar-refractivity contribution in [2.45, 2.75) is 31.5 Å². The van der Waals surface area contributed by atoms with Crippen molar-refractivity contribution >= 4 is 0 Å².